The summed E-state index contributed by atoms with van der Waals surface area (Å²) in [4.78, 5) is 39.0. The summed E-state index contributed by atoms with van der Waals surface area (Å²) in [7, 11) is 0. The van der Waals surface area contributed by atoms with Crippen LogP contribution in [0.25, 0.3) is 0 Å². The number of carboxylic acids is 1. The van der Waals surface area contributed by atoms with Gasteiger partial charge < -0.3 is 15.7 Å². The highest BCUT2D eigenvalue weighted by Crippen LogP contribution is 2.61. The summed E-state index contributed by atoms with van der Waals surface area (Å²) in [5, 5.41) is 15.2. The molecular weight excluding hydrogens is 464 g/mol. The number of aliphatic carboxylic acids is 1. The van der Waals surface area contributed by atoms with E-state index in [0.717, 1.165) is 40.0 Å². The van der Waals surface area contributed by atoms with E-state index in [1.54, 1.807) is 0 Å². The van der Waals surface area contributed by atoms with Gasteiger partial charge in [-0.1, -0.05) is 48.5 Å². The summed E-state index contributed by atoms with van der Waals surface area (Å²) in [6.45, 7) is 0.244. The summed E-state index contributed by atoms with van der Waals surface area (Å²) in [5.41, 5.74) is 4.58. The van der Waals surface area contributed by atoms with Gasteiger partial charge in [-0.2, -0.15) is 0 Å². The Balaban J connectivity index is 1.24. The topological polar surface area (TPSA) is 95.5 Å². The molecule has 6 heteroatoms. The molecule has 0 spiro atoms. The van der Waals surface area contributed by atoms with E-state index < -0.39 is 24.3 Å². The Morgan fingerprint density at radius 2 is 1.11 bits per heavy atom. The van der Waals surface area contributed by atoms with Crippen LogP contribution >= 0.6 is 0 Å². The first-order chi connectivity index (χ1) is 17.9. The van der Waals surface area contributed by atoms with Crippen molar-refractivity contribution in [2.24, 2.45) is 35.0 Å². The van der Waals surface area contributed by atoms with Crippen LogP contribution in [0.2, 0.25) is 0 Å². The van der Waals surface area contributed by atoms with E-state index in [0.29, 0.717) is 6.54 Å². The maximum atomic E-state index is 14.1. The highest BCUT2D eigenvalue weighted by molar-refractivity contribution is 5.93. The molecule has 2 unspecified atom stereocenters. The minimum atomic E-state index is -1.09. The Morgan fingerprint density at radius 3 is 1.51 bits per heavy atom. The molecular formula is C31H34N2O4. The van der Waals surface area contributed by atoms with Crippen molar-refractivity contribution in [3.63, 3.8) is 0 Å². The first kappa shape index (κ1) is 23.0. The standard InChI is InChI=1S/C31H34N2O4/c34-24(35)15-32-29(36)27-25-20-5-1-3-7-22(20)26(23-8-4-2-6-21(23)25)28(27)30(37)33-16-31-12-17-9-18(13-31)11-19(10-17)14-31/h1-8,17-19,25-28H,9-16H2,(H,32,36)(H,33,37)(H,34,35). The summed E-state index contributed by atoms with van der Waals surface area (Å²) < 4.78 is 0. The normalized spacial score (nSPS) is 35.9. The third-order valence-electron chi connectivity index (χ3n) is 10.3. The average Bonchev–Trinajstić information content (AvgIpc) is 2.89. The van der Waals surface area contributed by atoms with Gasteiger partial charge in [0.05, 0.1) is 11.8 Å². The zero-order valence-corrected chi connectivity index (χ0v) is 21.0. The predicted molar refractivity (Wildman–Crippen MR) is 138 cm³/mol. The molecule has 7 aliphatic carbocycles. The second kappa shape index (κ2) is 8.44. The lowest BCUT2D eigenvalue weighted by atomic mass is 9.49. The first-order valence-corrected chi connectivity index (χ1v) is 13.9. The van der Waals surface area contributed by atoms with Crippen LogP contribution in [0.5, 0.6) is 0 Å². The number of fused-ring (bicyclic) bond motifs is 1. The molecule has 0 radical (unpaired) electrons. The van der Waals surface area contributed by atoms with E-state index in [1.807, 2.05) is 24.3 Å². The van der Waals surface area contributed by atoms with Crippen LogP contribution in [-0.4, -0.2) is 36.0 Å². The minimum Gasteiger partial charge on any atom is -0.480 e. The van der Waals surface area contributed by atoms with Gasteiger partial charge in [0.25, 0.3) is 0 Å². The maximum Gasteiger partial charge on any atom is 0.322 e. The lowest BCUT2D eigenvalue weighted by molar-refractivity contribution is -0.141. The van der Waals surface area contributed by atoms with Gasteiger partial charge in [-0.3, -0.25) is 14.4 Å². The summed E-state index contributed by atoms with van der Waals surface area (Å²) >= 11 is 0. The predicted octanol–water partition coefficient (Wildman–Crippen LogP) is 4.04. The van der Waals surface area contributed by atoms with Crippen LogP contribution in [0, 0.1) is 35.0 Å². The highest BCUT2D eigenvalue weighted by Gasteiger charge is 2.56. The van der Waals surface area contributed by atoms with Crippen LogP contribution in [0.4, 0.5) is 0 Å². The molecule has 2 amide bonds. The number of amides is 2. The molecule has 0 saturated heterocycles. The van der Waals surface area contributed by atoms with Gasteiger partial charge in [-0.15, -0.1) is 0 Å². The van der Waals surface area contributed by atoms with E-state index in [2.05, 4.69) is 34.9 Å². The van der Waals surface area contributed by atoms with Gasteiger partial charge in [0.2, 0.25) is 11.8 Å². The molecule has 2 aromatic rings. The molecule has 2 aromatic carbocycles. The van der Waals surface area contributed by atoms with Gasteiger partial charge in [0.1, 0.15) is 6.54 Å². The number of nitrogens with one attached hydrogen (secondary N) is 2. The van der Waals surface area contributed by atoms with Crippen molar-refractivity contribution < 1.29 is 19.5 Å². The smallest absolute Gasteiger partial charge is 0.322 e. The van der Waals surface area contributed by atoms with Gasteiger partial charge >= 0.3 is 5.97 Å². The van der Waals surface area contributed by atoms with Crippen molar-refractivity contribution >= 4 is 17.8 Å². The molecule has 0 aromatic heterocycles. The van der Waals surface area contributed by atoms with Crippen LogP contribution in [0.15, 0.2) is 48.5 Å². The van der Waals surface area contributed by atoms with Crippen LogP contribution < -0.4 is 10.6 Å². The van der Waals surface area contributed by atoms with Gasteiger partial charge in [0.15, 0.2) is 0 Å². The molecule has 3 N–H and O–H groups in total. The SMILES string of the molecule is O=C(O)CNC(=O)C1C2c3ccccc3C(c3ccccc32)C1C(=O)NCC12CC3CC(CC(C3)C1)C2. The number of carboxylic acid groups (broad SMARTS) is 1. The van der Waals surface area contributed by atoms with Gasteiger partial charge in [-0.05, 0) is 83.9 Å². The van der Waals surface area contributed by atoms with Crippen LogP contribution in [0.3, 0.4) is 0 Å². The summed E-state index contributed by atoms with van der Waals surface area (Å²) in [6, 6.07) is 16.3. The van der Waals surface area contributed by atoms with E-state index in [9.17, 15) is 19.5 Å². The first-order valence-electron chi connectivity index (χ1n) is 13.9. The van der Waals surface area contributed by atoms with Crippen molar-refractivity contribution in [3.05, 3.63) is 70.8 Å². The van der Waals surface area contributed by atoms with Gasteiger partial charge in [-0.25, -0.2) is 0 Å². The number of benzene rings is 2. The molecule has 192 valence electrons. The van der Waals surface area contributed by atoms with E-state index in [4.69, 9.17) is 0 Å². The fourth-order valence-electron chi connectivity index (χ4n) is 9.49. The van der Waals surface area contributed by atoms with Crippen molar-refractivity contribution in [1.82, 2.24) is 10.6 Å². The number of rotatable bonds is 6. The largest absolute Gasteiger partial charge is 0.480 e. The van der Waals surface area contributed by atoms with E-state index >= 15 is 0 Å². The zero-order chi connectivity index (χ0) is 25.3. The monoisotopic (exact) mass is 498 g/mol. The fourth-order valence-corrected chi connectivity index (χ4v) is 9.49. The number of carbonyl (C=O) groups excluding carboxylic acids is 2. The summed E-state index contributed by atoms with van der Waals surface area (Å²) in [5.74, 6) is -0.801. The maximum absolute atomic E-state index is 14.1. The Hall–Kier alpha value is -3.15. The minimum absolute atomic E-state index is 0.0646. The Morgan fingerprint density at radius 1 is 0.703 bits per heavy atom. The number of hydrogen-bond donors (Lipinski definition) is 3. The second-order valence-corrected chi connectivity index (χ2v) is 12.5. The highest BCUT2D eigenvalue weighted by atomic mass is 16.4. The molecule has 7 aliphatic rings. The molecule has 0 aliphatic heterocycles. The van der Waals surface area contributed by atoms with Crippen LogP contribution in [0.1, 0.15) is 72.6 Å². The molecule has 4 fully saturated rings. The van der Waals surface area contributed by atoms with Crippen molar-refractivity contribution in [3.8, 4) is 0 Å². The molecule has 37 heavy (non-hydrogen) atoms. The molecule has 0 heterocycles. The fraction of sp³-hybridized carbons (Fsp3) is 0.516. The number of hydrogen-bond acceptors (Lipinski definition) is 3. The molecule has 2 atom stereocenters. The Labute approximate surface area is 217 Å². The third kappa shape index (κ3) is 3.63. The van der Waals surface area contributed by atoms with E-state index in [1.165, 1.54) is 38.5 Å². The zero-order valence-electron chi connectivity index (χ0n) is 21.0. The van der Waals surface area contributed by atoms with Crippen LogP contribution in [-0.2, 0) is 14.4 Å². The van der Waals surface area contributed by atoms with Crippen molar-refractivity contribution in [2.45, 2.75) is 50.4 Å². The molecule has 6 bridgehead atoms. The quantitative estimate of drug-likeness (QED) is 0.560. The Bertz CT molecular complexity index is 1200. The molecule has 6 nitrogen and oxygen atoms in total. The molecule has 9 rings (SSSR count). The van der Waals surface area contributed by atoms with Crippen molar-refractivity contribution in [2.75, 3.05) is 13.1 Å². The van der Waals surface area contributed by atoms with Crippen molar-refractivity contribution in [1.29, 1.82) is 0 Å². The number of carbonyl (C=O) groups is 3. The average molecular weight is 499 g/mol. The lowest BCUT2D eigenvalue weighted by Gasteiger charge is -2.57. The third-order valence-corrected chi connectivity index (χ3v) is 10.3. The van der Waals surface area contributed by atoms with Gasteiger partial charge in [0, 0.05) is 18.4 Å². The van der Waals surface area contributed by atoms with E-state index in [-0.39, 0.29) is 29.1 Å². The second-order valence-electron chi connectivity index (χ2n) is 12.5. The summed E-state index contributed by atoms with van der Waals surface area (Å²) in [6.07, 6.45) is 7.72. The molecule has 4 saturated carbocycles. The Kier molecular flexibility index (Phi) is 5.24. The lowest BCUT2D eigenvalue weighted by Crippen LogP contribution is -2.56.